The summed E-state index contributed by atoms with van der Waals surface area (Å²) in [5.41, 5.74) is 0. The normalized spacial score (nSPS) is 21.4. The maximum atomic E-state index is 13.8. The fourth-order valence-corrected chi connectivity index (χ4v) is 4.27. The molecule has 1 aromatic carbocycles. The van der Waals surface area contributed by atoms with Crippen molar-refractivity contribution in [3.63, 3.8) is 0 Å². The van der Waals surface area contributed by atoms with E-state index in [1.54, 1.807) is 25.2 Å². The van der Waals surface area contributed by atoms with Crippen LogP contribution in [0.4, 0.5) is 4.39 Å². The number of halogens is 1. The molecule has 30 heavy (non-hydrogen) atoms. The molecule has 2 unspecified atom stereocenters. The standard InChI is InChI=1S/C23H35FN4O2/c1-3-19(30-21-12-8-7-11-20(21)24)15-26-23(25-2)27-18-13-14-28(16-18)22(29)17-9-5-4-6-10-17/h7-8,11-12,17-19H,3-6,9-10,13-16H2,1-2H3,(H2,25,26,27). The zero-order chi connectivity index (χ0) is 21.3. The lowest BCUT2D eigenvalue weighted by Crippen LogP contribution is -2.47. The Labute approximate surface area is 179 Å². The van der Waals surface area contributed by atoms with Gasteiger partial charge in [-0.3, -0.25) is 9.79 Å². The molecule has 1 saturated carbocycles. The van der Waals surface area contributed by atoms with Crippen LogP contribution in [0.25, 0.3) is 0 Å². The lowest BCUT2D eigenvalue weighted by molar-refractivity contribution is -0.135. The third-order valence-electron chi connectivity index (χ3n) is 6.10. The van der Waals surface area contributed by atoms with Crippen LogP contribution >= 0.6 is 0 Å². The Morgan fingerprint density at radius 3 is 2.73 bits per heavy atom. The van der Waals surface area contributed by atoms with Crippen LogP contribution in [0.15, 0.2) is 29.3 Å². The molecule has 3 rings (SSSR count). The van der Waals surface area contributed by atoms with Crippen LogP contribution in [0.1, 0.15) is 51.9 Å². The van der Waals surface area contributed by atoms with Gasteiger partial charge in [-0.1, -0.05) is 38.3 Å². The summed E-state index contributed by atoms with van der Waals surface area (Å²) in [5, 5.41) is 6.71. The number of aliphatic imine (C=N–C) groups is 1. The summed E-state index contributed by atoms with van der Waals surface area (Å²) in [6.45, 7) is 4.05. The van der Waals surface area contributed by atoms with Crippen LogP contribution in [0, 0.1) is 11.7 Å². The molecular formula is C23H35FN4O2. The smallest absolute Gasteiger partial charge is 0.225 e. The van der Waals surface area contributed by atoms with E-state index in [4.69, 9.17) is 4.74 Å². The van der Waals surface area contributed by atoms with Crippen LogP contribution < -0.4 is 15.4 Å². The van der Waals surface area contributed by atoms with Crippen molar-refractivity contribution < 1.29 is 13.9 Å². The number of rotatable bonds is 7. The van der Waals surface area contributed by atoms with E-state index in [-0.39, 0.29) is 29.6 Å². The first kappa shape index (κ1) is 22.4. The van der Waals surface area contributed by atoms with Crippen molar-refractivity contribution in [3.8, 4) is 5.75 Å². The highest BCUT2D eigenvalue weighted by atomic mass is 19.1. The summed E-state index contributed by atoms with van der Waals surface area (Å²) in [7, 11) is 1.73. The van der Waals surface area contributed by atoms with E-state index in [1.165, 1.54) is 25.3 Å². The van der Waals surface area contributed by atoms with Gasteiger partial charge in [-0.2, -0.15) is 0 Å². The van der Waals surface area contributed by atoms with E-state index in [2.05, 4.69) is 15.6 Å². The van der Waals surface area contributed by atoms with Gasteiger partial charge in [0.15, 0.2) is 17.5 Å². The third kappa shape index (κ3) is 6.09. The maximum Gasteiger partial charge on any atom is 0.225 e. The average Bonchev–Trinajstić information content (AvgIpc) is 3.25. The first-order chi connectivity index (χ1) is 14.6. The zero-order valence-corrected chi connectivity index (χ0v) is 18.2. The predicted octanol–water partition coefficient (Wildman–Crippen LogP) is 3.33. The number of benzene rings is 1. The zero-order valence-electron chi connectivity index (χ0n) is 18.2. The van der Waals surface area contributed by atoms with Gasteiger partial charge in [-0.15, -0.1) is 0 Å². The summed E-state index contributed by atoms with van der Waals surface area (Å²) < 4.78 is 19.6. The molecule has 6 nitrogen and oxygen atoms in total. The molecular weight excluding hydrogens is 383 g/mol. The van der Waals surface area contributed by atoms with Crippen molar-refractivity contribution >= 4 is 11.9 Å². The molecule has 7 heteroatoms. The van der Waals surface area contributed by atoms with Gasteiger partial charge in [-0.25, -0.2) is 4.39 Å². The number of carbonyl (C=O) groups is 1. The highest BCUT2D eigenvalue weighted by Gasteiger charge is 2.31. The minimum absolute atomic E-state index is 0.173. The molecule has 1 heterocycles. The summed E-state index contributed by atoms with van der Waals surface area (Å²) in [5.74, 6) is 1.14. The number of nitrogens with zero attached hydrogens (tertiary/aromatic N) is 2. The molecule has 0 bridgehead atoms. The van der Waals surface area contributed by atoms with Crippen molar-refractivity contribution in [3.05, 3.63) is 30.1 Å². The Morgan fingerprint density at radius 2 is 2.03 bits per heavy atom. The maximum absolute atomic E-state index is 13.8. The van der Waals surface area contributed by atoms with Gasteiger partial charge in [0.25, 0.3) is 0 Å². The monoisotopic (exact) mass is 418 g/mol. The van der Waals surface area contributed by atoms with Crippen LogP contribution in [0.5, 0.6) is 5.75 Å². The van der Waals surface area contributed by atoms with E-state index in [9.17, 15) is 9.18 Å². The second kappa shape index (κ2) is 11.2. The highest BCUT2D eigenvalue weighted by molar-refractivity contribution is 5.81. The van der Waals surface area contributed by atoms with Gasteiger partial charge >= 0.3 is 0 Å². The lowest BCUT2D eigenvalue weighted by atomic mass is 9.88. The molecule has 0 radical (unpaired) electrons. The topological polar surface area (TPSA) is 66.0 Å². The van der Waals surface area contributed by atoms with Crippen LogP contribution in [-0.4, -0.2) is 55.6 Å². The Balaban J connectivity index is 1.45. The number of nitrogens with one attached hydrogen (secondary N) is 2. The number of para-hydroxylation sites is 1. The minimum Gasteiger partial charge on any atom is -0.486 e. The first-order valence-electron chi connectivity index (χ1n) is 11.3. The Morgan fingerprint density at radius 1 is 1.27 bits per heavy atom. The Bertz CT molecular complexity index is 721. The fraction of sp³-hybridized carbons (Fsp3) is 0.652. The first-order valence-corrected chi connectivity index (χ1v) is 11.3. The molecule has 1 amide bonds. The van der Waals surface area contributed by atoms with Crippen molar-refractivity contribution in [1.82, 2.24) is 15.5 Å². The number of hydrogen-bond donors (Lipinski definition) is 2. The average molecular weight is 419 g/mol. The van der Waals surface area contributed by atoms with E-state index in [0.29, 0.717) is 18.4 Å². The number of guanidine groups is 1. The van der Waals surface area contributed by atoms with Crippen molar-refractivity contribution in [2.45, 2.75) is 64.0 Å². The van der Waals surface area contributed by atoms with Gasteiger partial charge in [0.05, 0.1) is 6.54 Å². The number of carbonyl (C=O) groups excluding carboxylic acids is 1. The van der Waals surface area contributed by atoms with E-state index in [1.807, 2.05) is 11.8 Å². The predicted molar refractivity (Wildman–Crippen MR) is 117 cm³/mol. The summed E-state index contributed by atoms with van der Waals surface area (Å²) >= 11 is 0. The summed E-state index contributed by atoms with van der Waals surface area (Å²) in [4.78, 5) is 19.1. The third-order valence-corrected chi connectivity index (χ3v) is 6.10. The van der Waals surface area contributed by atoms with Crippen molar-refractivity contribution in [2.75, 3.05) is 26.7 Å². The molecule has 166 valence electrons. The van der Waals surface area contributed by atoms with Gasteiger partial charge in [0.2, 0.25) is 5.91 Å². The molecule has 2 aliphatic rings. The van der Waals surface area contributed by atoms with E-state index in [0.717, 1.165) is 38.8 Å². The van der Waals surface area contributed by atoms with E-state index < -0.39 is 0 Å². The van der Waals surface area contributed by atoms with Gasteiger partial charge in [-0.05, 0) is 37.8 Å². The summed E-state index contributed by atoms with van der Waals surface area (Å²) in [6.07, 6.45) is 7.18. The quantitative estimate of drug-likeness (QED) is 0.527. The molecule has 2 fully saturated rings. The number of hydrogen-bond acceptors (Lipinski definition) is 3. The second-order valence-corrected chi connectivity index (χ2v) is 8.28. The molecule has 2 N–H and O–H groups in total. The largest absolute Gasteiger partial charge is 0.486 e. The van der Waals surface area contributed by atoms with Crippen LogP contribution in [0.3, 0.4) is 0 Å². The van der Waals surface area contributed by atoms with Crippen molar-refractivity contribution in [2.24, 2.45) is 10.9 Å². The Kier molecular flexibility index (Phi) is 8.34. The molecule has 0 aromatic heterocycles. The molecule has 0 spiro atoms. The number of likely N-dealkylation sites (tertiary alicyclic amines) is 1. The molecule has 1 aliphatic heterocycles. The van der Waals surface area contributed by atoms with Gasteiger partial charge < -0.3 is 20.3 Å². The van der Waals surface area contributed by atoms with E-state index >= 15 is 0 Å². The molecule has 2 atom stereocenters. The Hall–Kier alpha value is -2.31. The van der Waals surface area contributed by atoms with Crippen LogP contribution in [0.2, 0.25) is 0 Å². The highest BCUT2D eigenvalue weighted by Crippen LogP contribution is 2.26. The lowest BCUT2D eigenvalue weighted by Gasteiger charge is -2.26. The number of amides is 1. The van der Waals surface area contributed by atoms with Crippen molar-refractivity contribution in [1.29, 1.82) is 0 Å². The van der Waals surface area contributed by atoms with Crippen LogP contribution in [-0.2, 0) is 4.79 Å². The van der Waals surface area contributed by atoms with Gasteiger partial charge in [0, 0.05) is 32.1 Å². The fourth-order valence-electron chi connectivity index (χ4n) is 4.27. The molecule has 1 aromatic rings. The minimum atomic E-state index is -0.355. The number of ether oxygens (including phenoxy) is 1. The second-order valence-electron chi connectivity index (χ2n) is 8.28. The summed E-state index contributed by atoms with van der Waals surface area (Å²) in [6, 6.07) is 6.64. The SMILES string of the molecule is CCC(CNC(=NC)NC1CCN(C(=O)C2CCCCC2)C1)Oc1ccccc1F. The molecule has 1 aliphatic carbocycles. The molecule has 1 saturated heterocycles. The van der Waals surface area contributed by atoms with Gasteiger partial charge in [0.1, 0.15) is 6.10 Å².